The number of hydrogen-bond donors (Lipinski definition) is 1. The molecule has 1 N–H and O–H groups in total. The Kier molecular flexibility index (Phi) is 6.48. The highest BCUT2D eigenvalue weighted by Gasteiger charge is 2.11. The van der Waals surface area contributed by atoms with Gasteiger partial charge in [-0.05, 0) is 31.9 Å². The first-order chi connectivity index (χ1) is 11.1. The Hall–Kier alpha value is -2.00. The third kappa shape index (κ3) is 5.00. The Morgan fingerprint density at radius 2 is 1.83 bits per heavy atom. The van der Waals surface area contributed by atoms with E-state index in [1.54, 1.807) is 7.11 Å². The molecule has 0 radical (unpaired) electrons. The molecule has 0 aliphatic carbocycles. The van der Waals surface area contributed by atoms with E-state index in [9.17, 15) is 0 Å². The van der Waals surface area contributed by atoms with E-state index in [0.29, 0.717) is 12.6 Å². The van der Waals surface area contributed by atoms with Crippen LogP contribution in [0.1, 0.15) is 37.0 Å². The second kappa shape index (κ2) is 8.59. The summed E-state index contributed by atoms with van der Waals surface area (Å²) in [6.45, 7) is 7.76. The van der Waals surface area contributed by atoms with Crippen molar-refractivity contribution in [2.75, 3.05) is 7.11 Å². The molecule has 124 valence electrons. The van der Waals surface area contributed by atoms with E-state index in [1.807, 2.05) is 12.1 Å². The molecule has 2 aromatic carbocycles. The summed E-state index contributed by atoms with van der Waals surface area (Å²) in [7, 11) is 1.68. The van der Waals surface area contributed by atoms with Crippen LogP contribution in [0.5, 0.6) is 11.5 Å². The first-order valence-electron chi connectivity index (χ1n) is 8.21. The van der Waals surface area contributed by atoms with Crippen LogP contribution in [0.25, 0.3) is 0 Å². The fourth-order valence-corrected chi connectivity index (χ4v) is 2.29. The second-order valence-electron chi connectivity index (χ2n) is 5.91. The normalized spacial score (nSPS) is 12.0. The average Bonchev–Trinajstić information content (AvgIpc) is 2.59. The molecular weight excluding hydrogens is 286 g/mol. The van der Waals surface area contributed by atoms with Gasteiger partial charge in [0.15, 0.2) is 11.5 Å². The van der Waals surface area contributed by atoms with Crippen LogP contribution in [0.2, 0.25) is 0 Å². The molecule has 0 saturated carbocycles. The Morgan fingerprint density at radius 3 is 2.48 bits per heavy atom. The van der Waals surface area contributed by atoms with Gasteiger partial charge in [0.2, 0.25) is 0 Å². The van der Waals surface area contributed by atoms with Crippen LogP contribution < -0.4 is 14.8 Å². The van der Waals surface area contributed by atoms with Crippen LogP contribution in [-0.2, 0) is 13.2 Å². The molecular formula is C20H27NO2. The predicted octanol–water partition coefficient (Wildman–Crippen LogP) is 4.47. The molecule has 0 spiro atoms. The molecule has 1 atom stereocenters. The van der Waals surface area contributed by atoms with Crippen molar-refractivity contribution in [3.05, 3.63) is 59.2 Å². The van der Waals surface area contributed by atoms with Crippen molar-refractivity contribution in [3.63, 3.8) is 0 Å². The molecule has 0 bridgehead atoms. The highest BCUT2D eigenvalue weighted by atomic mass is 16.5. The third-order valence-electron chi connectivity index (χ3n) is 4.04. The smallest absolute Gasteiger partial charge is 0.166 e. The maximum atomic E-state index is 6.09. The number of hydrogen-bond acceptors (Lipinski definition) is 3. The fourth-order valence-electron chi connectivity index (χ4n) is 2.29. The van der Waals surface area contributed by atoms with Gasteiger partial charge in [-0.25, -0.2) is 0 Å². The molecule has 0 aliphatic heterocycles. The number of para-hydroxylation sites is 1. The van der Waals surface area contributed by atoms with E-state index in [0.717, 1.165) is 35.6 Å². The van der Waals surface area contributed by atoms with E-state index >= 15 is 0 Å². The lowest BCUT2D eigenvalue weighted by atomic mass is 10.1. The number of nitrogens with one attached hydrogen (secondary N) is 1. The standard InChI is InChI=1S/C20H27NO2/c1-5-16(3)21-13-18-7-6-8-19(22-4)20(18)23-14-17-11-9-15(2)10-12-17/h6-12,16,21H,5,13-14H2,1-4H3/t16-/m1/s1. The van der Waals surface area contributed by atoms with Gasteiger partial charge in [-0.1, -0.05) is 48.9 Å². The monoisotopic (exact) mass is 313 g/mol. The van der Waals surface area contributed by atoms with Crippen LogP contribution in [0.3, 0.4) is 0 Å². The van der Waals surface area contributed by atoms with Gasteiger partial charge in [0, 0.05) is 18.2 Å². The number of methoxy groups -OCH3 is 1. The molecule has 0 fully saturated rings. The first kappa shape index (κ1) is 17.4. The lowest BCUT2D eigenvalue weighted by Crippen LogP contribution is -2.24. The summed E-state index contributed by atoms with van der Waals surface area (Å²) in [6.07, 6.45) is 1.10. The van der Waals surface area contributed by atoms with Gasteiger partial charge in [-0.3, -0.25) is 0 Å². The molecule has 23 heavy (non-hydrogen) atoms. The Balaban J connectivity index is 2.12. The van der Waals surface area contributed by atoms with E-state index in [4.69, 9.17) is 9.47 Å². The highest BCUT2D eigenvalue weighted by molar-refractivity contribution is 5.46. The zero-order valence-corrected chi connectivity index (χ0v) is 14.6. The summed E-state index contributed by atoms with van der Waals surface area (Å²) in [6, 6.07) is 14.9. The largest absolute Gasteiger partial charge is 0.493 e. The molecule has 0 saturated heterocycles. The predicted molar refractivity (Wildman–Crippen MR) is 95.1 cm³/mol. The average molecular weight is 313 g/mol. The maximum absolute atomic E-state index is 6.09. The van der Waals surface area contributed by atoms with Crippen molar-refractivity contribution >= 4 is 0 Å². The number of benzene rings is 2. The van der Waals surface area contributed by atoms with Gasteiger partial charge in [-0.15, -0.1) is 0 Å². The summed E-state index contributed by atoms with van der Waals surface area (Å²) >= 11 is 0. The number of rotatable bonds is 8. The maximum Gasteiger partial charge on any atom is 0.166 e. The third-order valence-corrected chi connectivity index (χ3v) is 4.04. The van der Waals surface area contributed by atoms with Crippen molar-refractivity contribution in [1.82, 2.24) is 5.32 Å². The van der Waals surface area contributed by atoms with E-state index in [-0.39, 0.29) is 0 Å². The van der Waals surface area contributed by atoms with Crippen LogP contribution in [0.4, 0.5) is 0 Å². The van der Waals surface area contributed by atoms with Gasteiger partial charge in [0.05, 0.1) is 7.11 Å². The zero-order chi connectivity index (χ0) is 16.7. The summed E-state index contributed by atoms with van der Waals surface area (Å²) in [5.41, 5.74) is 3.53. The quantitative estimate of drug-likeness (QED) is 0.780. The van der Waals surface area contributed by atoms with Gasteiger partial charge >= 0.3 is 0 Å². The molecule has 0 unspecified atom stereocenters. The number of ether oxygens (including phenoxy) is 2. The highest BCUT2D eigenvalue weighted by Crippen LogP contribution is 2.32. The van der Waals surface area contributed by atoms with Crippen molar-refractivity contribution < 1.29 is 9.47 Å². The zero-order valence-electron chi connectivity index (χ0n) is 14.6. The van der Waals surface area contributed by atoms with Crippen LogP contribution in [0.15, 0.2) is 42.5 Å². The lowest BCUT2D eigenvalue weighted by molar-refractivity contribution is 0.280. The van der Waals surface area contributed by atoms with Gasteiger partial charge < -0.3 is 14.8 Å². The molecule has 0 aliphatic rings. The molecule has 2 rings (SSSR count). The Morgan fingerprint density at radius 1 is 1.09 bits per heavy atom. The SMILES string of the molecule is CC[C@@H](C)NCc1cccc(OC)c1OCc1ccc(C)cc1. The molecule has 3 nitrogen and oxygen atoms in total. The van der Waals surface area contributed by atoms with Gasteiger partial charge in [-0.2, -0.15) is 0 Å². The molecule has 3 heteroatoms. The fraction of sp³-hybridized carbons (Fsp3) is 0.400. The summed E-state index contributed by atoms with van der Waals surface area (Å²) in [5, 5.41) is 3.51. The van der Waals surface area contributed by atoms with Crippen LogP contribution in [-0.4, -0.2) is 13.2 Å². The van der Waals surface area contributed by atoms with Crippen molar-refractivity contribution in [1.29, 1.82) is 0 Å². The summed E-state index contributed by atoms with van der Waals surface area (Å²) < 4.78 is 11.6. The minimum Gasteiger partial charge on any atom is -0.493 e. The van der Waals surface area contributed by atoms with Crippen molar-refractivity contribution in [2.24, 2.45) is 0 Å². The Bertz CT molecular complexity index is 608. The molecule has 0 heterocycles. The minimum absolute atomic E-state index is 0.478. The summed E-state index contributed by atoms with van der Waals surface area (Å²) in [4.78, 5) is 0. The van der Waals surface area contributed by atoms with E-state index in [1.165, 1.54) is 5.56 Å². The summed E-state index contributed by atoms with van der Waals surface area (Å²) in [5.74, 6) is 1.60. The minimum atomic E-state index is 0.478. The second-order valence-corrected chi connectivity index (χ2v) is 5.91. The van der Waals surface area contributed by atoms with Crippen molar-refractivity contribution in [3.8, 4) is 11.5 Å². The number of aryl methyl sites for hydroxylation is 1. The van der Waals surface area contributed by atoms with Crippen LogP contribution >= 0.6 is 0 Å². The molecule has 2 aromatic rings. The van der Waals surface area contributed by atoms with Crippen molar-refractivity contribution in [2.45, 2.75) is 46.4 Å². The Labute approximate surface area is 139 Å². The topological polar surface area (TPSA) is 30.5 Å². The molecule has 0 aromatic heterocycles. The van der Waals surface area contributed by atoms with Gasteiger partial charge in [0.1, 0.15) is 6.61 Å². The van der Waals surface area contributed by atoms with E-state index < -0.39 is 0 Å². The lowest BCUT2D eigenvalue weighted by Gasteiger charge is -2.17. The first-order valence-corrected chi connectivity index (χ1v) is 8.21. The van der Waals surface area contributed by atoms with Gasteiger partial charge in [0.25, 0.3) is 0 Å². The molecule has 0 amide bonds. The van der Waals surface area contributed by atoms with E-state index in [2.05, 4.69) is 56.4 Å². The van der Waals surface area contributed by atoms with Crippen LogP contribution in [0, 0.1) is 6.92 Å².